The Morgan fingerprint density at radius 3 is 2.56 bits per heavy atom. The lowest BCUT2D eigenvalue weighted by Crippen LogP contribution is -2.41. The molecular weight excluding hydrogens is 554 g/mol. The van der Waals surface area contributed by atoms with Crippen molar-refractivity contribution in [2.24, 2.45) is 5.92 Å². The molecule has 1 aliphatic heterocycles. The number of aryl methyl sites for hydroxylation is 1. The normalized spacial score (nSPS) is 17.4. The molecule has 0 atom stereocenters. The van der Waals surface area contributed by atoms with Crippen molar-refractivity contribution in [3.63, 3.8) is 0 Å². The van der Waals surface area contributed by atoms with E-state index >= 15 is 0 Å². The zero-order chi connectivity index (χ0) is 24.9. The van der Waals surface area contributed by atoms with E-state index in [0.717, 1.165) is 56.4 Å². The molecule has 188 valence electrons. The molecule has 1 aliphatic carbocycles. The number of anilines is 1. The number of nitrogens with zero attached hydrogens (tertiary/aromatic N) is 2. The Kier molecular flexibility index (Phi) is 6.68. The Hall–Kier alpha value is -1.82. The fourth-order valence-electron chi connectivity index (χ4n) is 5.00. The van der Waals surface area contributed by atoms with Gasteiger partial charge in [-0.2, -0.15) is 4.31 Å². The summed E-state index contributed by atoms with van der Waals surface area (Å²) < 4.78 is 29.2. The minimum Gasteiger partial charge on any atom is -0.317 e. The van der Waals surface area contributed by atoms with Crippen LogP contribution in [0.3, 0.4) is 0 Å². The van der Waals surface area contributed by atoms with Crippen molar-refractivity contribution in [2.45, 2.75) is 42.7 Å². The maximum absolute atomic E-state index is 13.4. The van der Waals surface area contributed by atoms with E-state index in [1.165, 1.54) is 21.2 Å². The summed E-state index contributed by atoms with van der Waals surface area (Å²) in [5.74, 6) is -0.266. The highest BCUT2D eigenvalue weighted by molar-refractivity contribution is 7.91. The van der Waals surface area contributed by atoms with E-state index in [9.17, 15) is 13.2 Å². The summed E-state index contributed by atoms with van der Waals surface area (Å²) in [7, 11) is -3.58. The lowest BCUT2D eigenvalue weighted by molar-refractivity contribution is -0.120. The molecule has 0 spiro atoms. The first kappa shape index (κ1) is 24.5. The maximum Gasteiger partial charge on any atom is 0.252 e. The van der Waals surface area contributed by atoms with Crippen molar-refractivity contribution in [3.05, 3.63) is 51.2 Å². The van der Waals surface area contributed by atoms with E-state index in [-0.39, 0.29) is 16.0 Å². The topological polar surface area (TPSA) is 79.4 Å². The van der Waals surface area contributed by atoms with Crippen LogP contribution in [0.1, 0.15) is 36.1 Å². The number of aromatic nitrogens is 1. The number of halogens is 1. The van der Waals surface area contributed by atoms with Crippen molar-refractivity contribution in [1.29, 1.82) is 0 Å². The Morgan fingerprint density at radius 1 is 1.03 bits per heavy atom. The van der Waals surface area contributed by atoms with Gasteiger partial charge in [-0.1, -0.05) is 23.7 Å². The molecule has 4 aromatic rings. The van der Waals surface area contributed by atoms with Crippen LogP contribution in [0.2, 0.25) is 4.34 Å². The van der Waals surface area contributed by atoms with E-state index in [0.29, 0.717) is 30.3 Å². The smallest absolute Gasteiger partial charge is 0.252 e. The molecule has 36 heavy (non-hydrogen) atoms. The minimum atomic E-state index is -3.58. The van der Waals surface area contributed by atoms with Gasteiger partial charge < -0.3 is 5.32 Å². The first-order valence-corrected chi connectivity index (χ1v) is 16.2. The van der Waals surface area contributed by atoms with Crippen LogP contribution in [0.5, 0.6) is 0 Å². The zero-order valence-corrected chi connectivity index (χ0v) is 23.4. The predicted octanol–water partition coefficient (Wildman–Crippen LogP) is 6.66. The molecule has 0 bridgehead atoms. The van der Waals surface area contributed by atoms with Crippen molar-refractivity contribution in [1.82, 2.24) is 9.29 Å². The highest BCUT2D eigenvalue weighted by Crippen LogP contribution is 2.46. The number of piperidine rings is 1. The molecule has 0 unspecified atom stereocenters. The number of carbonyl (C=O) groups excluding carboxylic acids is 1. The molecule has 1 N–H and O–H groups in total. The van der Waals surface area contributed by atoms with Gasteiger partial charge in [0, 0.05) is 29.4 Å². The number of fused-ring (bicyclic) bond motifs is 2. The van der Waals surface area contributed by atoms with Gasteiger partial charge in [0.2, 0.25) is 5.91 Å². The molecule has 1 saturated heterocycles. The van der Waals surface area contributed by atoms with Crippen molar-refractivity contribution in [3.8, 4) is 10.6 Å². The summed E-state index contributed by atoms with van der Waals surface area (Å²) in [4.78, 5) is 19.6. The van der Waals surface area contributed by atoms with Crippen molar-refractivity contribution in [2.75, 3.05) is 18.4 Å². The van der Waals surface area contributed by atoms with E-state index in [2.05, 4.69) is 11.4 Å². The summed E-state index contributed by atoms with van der Waals surface area (Å²) in [5, 5.41) is 5.07. The minimum absolute atomic E-state index is 0.0350. The summed E-state index contributed by atoms with van der Waals surface area (Å²) in [5.41, 5.74) is 3.39. The van der Waals surface area contributed by atoms with Crippen LogP contribution in [0, 0.1) is 5.92 Å². The number of amides is 1. The van der Waals surface area contributed by atoms with Crippen LogP contribution in [0.15, 0.2) is 40.6 Å². The van der Waals surface area contributed by atoms with Gasteiger partial charge in [0.25, 0.3) is 10.0 Å². The largest absolute Gasteiger partial charge is 0.317 e. The summed E-state index contributed by atoms with van der Waals surface area (Å²) >= 11 is 10.4. The van der Waals surface area contributed by atoms with Gasteiger partial charge >= 0.3 is 0 Å². The number of rotatable bonds is 5. The number of para-hydroxylation sites is 1. The molecule has 0 saturated carbocycles. The first-order valence-electron chi connectivity index (χ1n) is 12.0. The van der Waals surface area contributed by atoms with E-state index in [1.54, 1.807) is 34.8 Å². The SMILES string of the molecule is O=C(Nc1sc2c(c1-c1nc3ccccc3s1)CCCC2)C1CCN(S(=O)(=O)c2ccc(Cl)s2)CC1. The maximum atomic E-state index is 13.4. The van der Waals surface area contributed by atoms with Gasteiger partial charge in [0.15, 0.2) is 0 Å². The van der Waals surface area contributed by atoms with Crippen molar-refractivity contribution >= 4 is 76.8 Å². The Labute approximate surface area is 227 Å². The van der Waals surface area contributed by atoms with Crippen LogP contribution >= 0.6 is 45.6 Å². The summed E-state index contributed by atoms with van der Waals surface area (Å²) in [6, 6.07) is 11.3. The van der Waals surface area contributed by atoms with Crippen LogP contribution < -0.4 is 5.32 Å². The standard InChI is InChI=1S/C25H24ClN3O3S4/c26-20-9-10-21(35-20)36(31,32)29-13-11-15(12-14-29)23(30)28-25-22(16-5-1-3-7-18(16)33-25)24-27-17-6-2-4-8-19(17)34-24/h2,4,6,8-10,15H,1,3,5,7,11-14H2,(H,28,30). The van der Waals surface area contributed by atoms with E-state index in [1.807, 2.05) is 18.2 Å². The number of sulfonamides is 1. The third kappa shape index (κ3) is 4.52. The molecule has 2 aliphatic rings. The Morgan fingerprint density at radius 2 is 1.81 bits per heavy atom. The highest BCUT2D eigenvalue weighted by Gasteiger charge is 2.34. The van der Waals surface area contributed by atoms with Crippen LogP contribution in [-0.4, -0.2) is 36.7 Å². The molecule has 1 amide bonds. The fraction of sp³-hybridized carbons (Fsp3) is 0.360. The third-order valence-electron chi connectivity index (χ3n) is 6.88. The predicted molar refractivity (Wildman–Crippen MR) is 149 cm³/mol. The molecule has 1 fully saturated rings. The molecule has 11 heteroatoms. The molecule has 3 aromatic heterocycles. The average molecular weight is 578 g/mol. The molecule has 6 nitrogen and oxygen atoms in total. The summed E-state index contributed by atoms with van der Waals surface area (Å²) in [6.45, 7) is 0.642. The lowest BCUT2D eigenvalue weighted by Gasteiger charge is -2.30. The van der Waals surface area contributed by atoms with E-state index in [4.69, 9.17) is 16.6 Å². The highest BCUT2D eigenvalue weighted by atomic mass is 35.5. The molecule has 1 aromatic carbocycles. The van der Waals surface area contributed by atoms with Gasteiger partial charge in [0.05, 0.1) is 14.6 Å². The van der Waals surface area contributed by atoms with E-state index < -0.39 is 10.0 Å². The second-order valence-corrected chi connectivity index (χ2v) is 15.1. The monoisotopic (exact) mass is 577 g/mol. The number of thiazole rings is 1. The number of nitrogens with one attached hydrogen (secondary N) is 1. The summed E-state index contributed by atoms with van der Waals surface area (Å²) in [6.07, 6.45) is 5.35. The Bertz CT molecular complexity index is 1510. The van der Waals surface area contributed by atoms with Crippen LogP contribution in [-0.2, 0) is 27.7 Å². The second-order valence-electron chi connectivity index (χ2n) is 9.13. The number of hydrogen-bond acceptors (Lipinski definition) is 7. The molecule has 6 rings (SSSR count). The van der Waals surface area contributed by atoms with Gasteiger partial charge in [-0.05, 0) is 68.4 Å². The third-order valence-corrected chi connectivity index (χ3v) is 12.7. The van der Waals surface area contributed by atoms with Gasteiger partial charge in [-0.15, -0.1) is 34.0 Å². The number of hydrogen-bond donors (Lipinski definition) is 1. The molecular formula is C25H24ClN3O3S4. The van der Waals surface area contributed by atoms with Gasteiger partial charge in [-0.25, -0.2) is 13.4 Å². The first-order chi connectivity index (χ1) is 17.4. The number of carbonyl (C=O) groups is 1. The second kappa shape index (κ2) is 9.81. The lowest BCUT2D eigenvalue weighted by atomic mass is 9.95. The van der Waals surface area contributed by atoms with Crippen molar-refractivity contribution < 1.29 is 13.2 Å². The average Bonchev–Trinajstić information content (AvgIpc) is 3.60. The number of thiophene rings is 2. The fourth-order valence-corrected chi connectivity index (χ4v) is 10.5. The van der Waals surface area contributed by atoms with Gasteiger partial charge in [-0.3, -0.25) is 4.79 Å². The quantitative estimate of drug-likeness (QED) is 0.288. The van der Waals surface area contributed by atoms with Crippen LogP contribution in [0.25, 0.3) is 20.8 Å². The Balaban J connectivity index is 1.22. The van der Waals surface area contributed by atoms with Gasteiger partial charge in [0.1, 0.15) is 14.2 Å². The number of benzene rings is 1. The zero-order valence-electron chi connectivity index (χ0n) is 19.3. The van der Waals surface area contributed by atoms with Crippen LogP contribution in [0.4, 0.5) is 5.00 Å². The molecule has 4 heterocycles. The molecule has 0 radical (unpaired) electrons.